The average Bonchev–Trinajstić information content (AvgIpc) is 2.78. The summed E-state index contributed by atoms with van der Waals surface area (Å²) in [5.74, 6) is -0.557. The number of aromatic carboxylic acids is 1. The van der Waals surface area contributed by atoms with Crippen LogP contribution in [0.5, 0.6) is 0 Å². The van der Waals surface area contributed by atoms with Crippen LogP contribution < -0.4 is 5.32 Å². The minimum absolute atomic E-state index is 0.245. The normalized spacial score (nSPS) is 17.4. The molecule has 1 fully saturated rings. The summed E-state index contributed by atoms with van der Waals surface area (Å²) in [5.41, 5.74) is 1.83. The predicted octanol–water partition coefficient (Wildman–Crippen LogP) is 2.78. The molecule has 1 aromatic rings. The zero-order chi connectivity index (χ0) is 14.0. The number of nitrogens with one attached hydrogen (secondary N) is 1. The molecule has 0 saturated heterocycles. The van der Waals surface area contributed by atoms with Crippen LogP contribution in [-0.4, -0.2) is 27.8 Å². The minimum Gasteiger partial charge on any atom is -0.478 e. The first-order valence-electron chi connectivity index (χ1n) is 6.74. The van der Waals surface area contributed by atoms with E-state index in [2.05, 4.69) is 22.4 Å². The zero-order valence-corrected chi connectivity index (χ0v) is 11.8. The Kier molecular flexibility index (Phi) is 3.73. The summed E-state index contributed by atoms with van der Waals surface area (Å²) in [7, 11) is 0. The maximum absolute atomic E-state index is 11.4. The van der Waals surface area contributed by atoms with E-state index in [0.29, 0.717) is 17.1 Å². The zero-order valence-electron chi connectivity index (χ0n) is 11.8. The molecule has 19 heavy (non-hydrogen) atoms. The van der Waals surface area contributed by atoms with Gasteiger partial charge in [-0.3, -0.25) is 0 Å². The Morgan fingerprint density at radius 2 is 1.95 bits per heavy atom. The third-order valence-electron chi connectivity index (χ3n) is 4.16. The molecule has 0 atom stereocenters. The fourth-order valence-electron chi connectivity index (χ4n) is 2.70. The quantitative estimate of drug-likeness (QED) is 0.873. The Bertz CT molecular complexity index is 494. The van der Waals surface area contributed by atoms with Crippen LogP contribution in [0.15, 0.2) is 0 Å². The fourth-order valence-corrected chi connectivity index (χ4v) is 2.70. The van der Waals surface area contributed by atoms with Gasteiger partial charge in [0.1, 0.15) is 5.56 Å². The standard InChI is InChI=1S/C14H21N3O2/c1-9-10(2)16-17-12(11(9)13(18)19)15-8-14(3)6-4-5-7-14/h4-8H2,1-3H3,(H,15,17)(H,18,19). The maximum Gasteiger partial charge on any atom is 0.339 e. The van der Waals surface area contributed by atoms with Gasteiger partial charge >= 0.3 is 5.97 Å². The summed E-state index contributed by atoms with van der Waals surface area (Å²) in [6.07, 6.45) is 4.87. The molecule has 0 aromatic carbocycles. The summed E-state index contributed by atoms with van der Waals surface area (Å²) in [5, 5.41) is 20.5. The van der Waals surface area contributed by atoms with Gasteiger partial charge in [-0.05, 0) is 37.7 Å². The highest BCUT2D eigenvalue weighted by atomic mass is 16.4. The van der Waals surface area contributed by atoms with Crippen LogP contribution in [0.2, 0.25) is 0 Å². The number of hydrogen-bond acceptors (Lipinski definition) is 4. The summed E-state index contributed by atoms with van der Waals surface area (Å²) < 4.78 is 0. The van der Waals surface area contributed by atoms with Gasteiger partial charge in [-0.15, -0.1) is 5.10 Å². The summed E-state index contributed by atoms with van der Waals surface area (Å²) in [6, 6.07) is 0. The van der Waals surface area contributed by atoms with Crippen molar-refractivity contribution in [3.8, 4) is 0 Å². The number of aromatic nitrogens is 2. The Balaban J connectivity index is 2.20. The van der Waals surface area contributed by atoms with Crippen LogP contribution in [0.4, 0.5) is 5.82 Å². The third kappa shape index (κ3) is 2.85. The third-order valence-corrected chi connectivity index (χ3v) is 4.16. The molecule has 1 aromatic heterocycles. The van der Waals surface area contributed by atoms with Gasteiger partial charge in [-0.2, -0.15) is 5.10 Å². The fraction of sp³-hybridized carbons (Fsp3) is 0.643. The highest BCUT2D eigenvalue weighted by Crippen LogP contribution is 2.37. The highest BCUT2D eigenvalue weighted by Gasteiger charge is 2.29. The smallest absolute Gasteiger partial charge is 0.339 e. The molecular formula is C14H21N3O2. The number of nitrogens with zero attached hydrogens (tertiary/aromatic N) is 2. The van der Waals surface area contributed by atoms with E-state index in [1.807, 2.05) is 0 Å². The number of hydrogen-bond donors (Lipinski definition) is 2. The second-order valence-corrected chi connectivity index (χ2v) is 5.81. The second-order valence-electron chi connectivity index (χ2n) is 5.81. The molecule has 1 aliphatic carbocycles. The van der Waals surface area contributed by atoms with Gasteiger partial charge in [0.05, 0.1) is 5.69 Å². The topological polar surface area (TPSA) is 75.1 Å². The van der Waals surface area contributed by atoms with Gasteiger partial charge in [-0.1, -0.05) is 19.8 Å². The molecular weight excluding hydrogens is 242 g/mol. The van der Waals surface area contributed by atoms with Crippen LogP contribution in [0, 0.1) is 19.3 Å². The summed E-state index contributed by atoms with van der Waals surface area (Å²) in [4.78, 5) is 11.4. The van der Waals surface area contributed by atoms with Crippen molar-refractivity contribution in [2.75, 3.05) is 11.9 Å². The van der Waals surface area contributed by atoms with Crippen molar-refractivity contribution >= 4 is 11.8 Å². The number of carboxylic acid groups (broad SMARTS) is 1. The molecule has 0 unspecified atom stereocenters. The Morgan fingerprint density at radius 3 is 2.53 bits per heavy atom. The molecule has 5 nitrogen and oxygen atoms in total. The van der Waals surface area contributed by atoms with E-state index < -0.39 is 5.97 Å². The molecule has 104 valence electrons. The average molecular weight is 263 g/mol. The van der Waals surface area contributed by atoms with Gasteiger partial charge in [0, 0.05) is 6.54 Å². The van der Waals surface area contributed by atoms with Crippen molar-refractivity contribution in [1.82, 2.24) is 10.2 Å². The molecule has 1 saturated carbocycles. The van der Waals surface area contributed by atoms with E-state index in [0.717, 1.165) is 6.54 Å². The van der Waals surface area contributed by atoms with Crippen molar-refractivity contribution in [3.63, 3.8) is 0 Å². The second kappa shape index (κ2) is 5.15. The molecule has 1 aliphatic rings. The largest absolute Gasteiger partial charge is 0.478 e. The van der Waals surface area contributed by atoms with E-state index in [-0.39, 0.29) is 11.0 Å². The first-order valence-corrected chi connectivity index (χ1v) is 6.74. The van der Waals surface area contributed by atoms with Crippen molar-refractivity contribution in [2.24, 2.45) is 5.41 Å². The molecule has 2 rings (SSSR count). The van der Waals surface area contributed by atoms with E-state index in [1.165, 1.54) is 25.7 Å². The van der Waals surface area contributed by atoms with E-state index in [1.54, 1.807) is 13.8 Å². The van der Waals surface area contributed by atoms with Crippen molar-refractivity contribution in [1.29, 1.82) is 0 Å². The molecule has 0 aliphatic heterocycles. The molecule has 5 heteroatoms. The van der Waals surface area contributed by atoms with Gasteiger partial charge < -0.3 is 10.4 Å². The van der Waals surface area contributed by atoms with Crippen LogP contribution in [-0.2, 0) is 0 Å². The molecule has 1 heterocycles. The first kappa shape index (κ1) is 13.8. The molecule has 0 amide bonds. The number of carbonyl (C=O) groups is 1. The van der Waals surface area contributed by atoms with Gasteiger partial charge in [0.25, 0.3) is 0 Å². The van der Waals surface area contributed by atoms with E-state index in [4.69, 9.17) is 0 Å². The first-order chi connectivity index (χ1) is 8.93. The van der Waals surface area contributed by atoms with Crippen LogP contribution in [0.1, 0.15) is 54.2 Å². The van der Waals surface area contributed by atoms with Crippen LogP contribution >= 0.6 is 0 Å². The molecule has 0 spiro atoms. The van der Waals surface area contributed by atoms with Gasteiger partial charge in [-0.25, -0.2) is 4.79 Å². The number of rotatable bonds is 4. The van der Waals surface area contributed by atoms with Crippen LogP contribution in [0.3, 0.4) is 0 Å². The lowest BCUT2D eigenvalue weighted by Crippen LogP contribution is -2.25. The predicted molar refractivity (Wildman–Crippen MR) is 73.5 cm³/mol. The van der Waals surface area contributed by atoms with Crippen molar-refractivity contribution in [3.05, 3.63) is 16.8 Å². The number of anilines is 1. The molecule has 0 bridgehead atoms. The lowest BCUT2D eigenvalue weighted by molar-refractivity contribution is 0.0696. The van der Waals surface area contributed by atoms with E-state index in [9.17, 15) is 9.90 Å². The Morgan fingerprint density at radius 1 is 1.32 bits per heavy atom. The van der Waals surface area contributed by atoms with Gasteiger partial charge in [0.15, 0.2) is 5.82 Å². The Hall–Kier alpha value is -1.65. The van der Waals surface area contributed by atoms with Gasteiger partial charge in [0.2, 0.25) is 0 Å². The molecule has 0 radical (unpaired) electrons. The maximum atomic E-state index is 11.4. The minimum atomic E-state index is -0.949. The van der Waals surface area contributed by atoms with Crippen molar-refractivity contribution < 1.29 is 9.90 Å². The molecule has 2 N–H and O–H groups in total. The highest BCUT2D eigenvalue weighted by molar-refractivity contribution is 5.94. The lowest BCUT2D eigenvalue weighted by Gasteiger charge is -2.24. The number of carboxylic acids is 1. The lowest BCUT2D eigenvalue weighted by atomic mass is 9.89. The Labute approximate surface area is 113 Å². The SMILES string of the molecule is Cc1nnc(NCC2(C)CCCC2)c(C(=O)O)c1C. The van der Waals surface area contributed by atoms with E-state index >= 15 is 0 Å². The monoisotopic (exact) mass is 263 g/mol. The van der Waals surface area contributed by atoms with Crippen molar-refractivity contribution in [2.45, 2.75) is 46.5 Å². The van der Waals surface area contributed by atoms with Crippen LogP contribution in [0.25, 0.3) is 0 Å². The summed E-state index contributed by atoms with van der Waals surface area (Å²) >= 11 is 0. The number of aryl methyl sites for hydroxylation is 1. The summed E-state index contributed by atoms with van der Waals surface area (Å²) in [6.45, 7) is 6.54.